The van der Waals surface area contributed by atoms with E-state index in [1.54, 1.807) is 31.3 Å². The summed E-state index contributed by atoms with van der Waals surface area (Å²) >= 11 is 0. The minimum atomic E-state index is -1.10. The maximum Gasteiger partial charge on any atom is 0.354 e. The molecule has 1 aromatic carbocycles. The van der Waals surface area contributed by atoms with Gasteiger partial charge in [0.15, 0.2) is 5.69 Å². The molecule has 118 valence electrons. The zero-order chi connectivity index (χ0) is 16.5. The monoisotopic (exact) mass is 304 g/mol. The number of carbonyl (C=O) groups is 1. The smallest absolute Gasteiger partial charge is 0.354 e. The van der Waals surface area contributed by atoms with Crippen LogP contribution in [0.2, 0.25) is 0 Å². The average Bonchev–Trinajstić information content (AvgIpc) is 2.48. The lowest BCUT2D eigenvalue weighted by Gasteiger charge is -2.09. The number of ether oxygens (including phenoxy) is 1. The van der Waals surface area contributed by atoms with Gasteiger partial charge in [0.1, 0.15) is 11.5 Å². The SMILES string of the molecule is CNC.CNc1ccc(Oc2ccnc(C(=O)O)c2)cc1N. The molecule has 0 saturated carbocycles. The molecule has 0 amide bonds. The molecule has 0 atom stereocenters. The van der Waals surface area contributed by atoms with Crippen LogP contribution in [-0.4, -0.2) is 37.2 Å². The van der Waals surface area contributed by atoms with Gasteiger partial charge in [0.25, 0.3) is 0 Å². The van der Waals surface area contributed by atoms with Gasteiger partial charge in [-0.2, -0.15) is 0 Å². The van der Waals surface area contributed by atoms with Crippen LogP contribution in [0.15, 0.2) is 36.5 Å². The van der Waals surface area contributed by atoms with E-state index < -0.39 is 5.97 Å². The lowest BCUT2D eigenvalue weighted by molar-refractivity contribution is 0.0690. The van der Waals surface area contributed by atoms with Crippen molar-refractivity contribution in [2.45, 2.75) is 0 Å². The van der Waals surface area contributed by atoms with Crippen LogP contribution in [0.4, 0.5) is 11.4 Å². The van der Waals surface area contributed by atoms with E-state index >= 15 is 0 Å². The molecule has 22 heavy (non-hydrogen) atoms. The first kappa shape index (κ1) is 17.3. The summed E-state index contributed by atoms with van der Waals surface area (Å²) in [5.74, 6) is -0.182. The quantitative estimate of drug-likeness (QED) is 0.640. The molecule has 0 bridgehead atoms. The number of benzene rings is 1. The third-order valence-corrected chi connectivity index (χ3v) is 2.48. The molecule has 7 nitrogen and oxygen atoms in total. The highest BCUT2D eigenvalue weighted by Gasteiger charge is 2.07. The fourth-order valence-corrected chi connectivity index (χ4v) is 1.56. The summed E-state index contributed by atoms with van der Waals surface area (Å²) in [5, 5.41) is 14.5. The molecule has 0 saturated heterocycles. The number of pyridine rings is 1. The van der Waals surface area contributed by atoms with E-state index in [1.807, 2.05) is 14.1 Å². The van der Waals surface area contributed by atoms with E-state index in [9.17, 15) is 4.79 Å². The molecule has 1 heterocycles. The average molecular weight is 304 g/mol. The largest absolute Gasteiger partial charge is 0.477 e. The number of aromatic carboxylic acids is 1. The second kappa shape index (κ2) is 8.48. The van der Waals surface area contributed by atoms with Gasteiger partial charge in [-0.05, 0) is 32.3 Å². The Kier molecular flexibility index (Phi) is 6.65. The molecule has 5 N–H and O–H groups in total. The Morgan fingerprint density at radius 1 is 1.18 bits per heavy atom. The topological polar surface area (TPSA) is 110 Å². The second-order valence-corrected chi connectivity index (χ2v) is 4.28. The van der Waals surface area contributed by atoms with Gasteiger partial charge in [0, 0.05) is 25.4 Å². The van der Waals surface area contributed by atoms with Crippen molar-refractivity contribution in [3.63, 3.8) is 0 Å². The molecule has 2 rings (SSSR count). The number of hydrogen-bond donors (Lipinski definition) is 4. The number of hydrogen-bond acceptors (Lipinski definition) is 6. The summed E-state index contributed by atoms with van der Waals surface area (Å²) in [7, 11) is 5.52. The predicted octanol–water partition coefficient (Wildman–Crippen LogP) is 2.03. The Morgan fingerprint density at radius 2 is 1.82 bits per heavy atom. The molecule has 0 fully saturated rings. The summed E-state index contributed by atoms with van der Waals surface area (Å²) < 4.78 is 5.54. The van der Waals surface area contributed by atoms with Gasteiger partial charge in [0.05, 0.1) is 11.4 Å². The van der Waals surface area contributed by atoms with Crippen molar-refractivity contribution in [1.82, 2.24) is 10.3 Å². The molecular weight excluding hydrogens is 284 g/mol. The lowest BCUT2D eigenvalue weighted by Crippen LogP contribution is -2.00. The zero-order valence-electron chi connectivity index (χ0n) is 12.8. The molecule has 0 unspecified atom stereocenters. The van der Waals surface area contributed by atoms with Crippen molar-refractivity contribution in [3.8, 4) is 11.5 Å². The first-order chi connectivity index (χ1) is 10.5. The van der Waals surface area contributed by atoms with Crippen LogP contribution in [0.1, 0.15) is 10.5 Å². The van der Waals surface area contributed by atoms with Gasteiger partial charge >= 0.3 is 5.97 Å². The summed E-state index contributed by atoms with van der Waals surface area (Å²) in [6.45, 7) is 0. The van der Waals surface area contributed by atoms with Crippen molar-refractivity contribution < 1.29 is 14.6 Å². The van der Waals surface area contributed by atoms with Crippen LogP contribution in [0, 0.1) is 0 Å². The number of nitrogens with one attached hydrogen (secondary N) is 2. The fourth-order valence-electron chi connectivity index (χ4n) is 1.56. The Hall–Kier alpha value is -2.80. The number of carboxylic acid groups (broad SMARTS) is 1. The third kappa shape index (κ3) is 4.95. The molecule has 2 aromatic rings. The minimum absolute atomic E-state index is 0.0719. The highest BCUT2D eigenvalue weighted by molar-refractivity contribution is 5.85. The highest BCUT2D eigenvalue weighted by atomic mass is 16.5. The molecular formula is C15H20N4O3. The number of nitrogens with zero attached hydrogens (tertiary/aromatic N) is 1. The highest BCUT2D eigenvalue weighted by Crippen LogP contribution is 2.27. The first-order valence-electron chi connectivity index (χ1n) is 6.54. The van der Waals surface area contributed by atoms with Crippen LogP contribution < -0.4 is 21.1 Å². The van der Waals surface area contributed by atoms with Crippen molar-refractivity contribution >= 4 is 17.3 Å². The van der Waals surface area contributed by atoms with Crippen molar-refractivity contribution in [2.24, 2.45) is 0 Å². The molecule has 0 aliphatic carbocycles. The van der Waals surface area contributed by atoms with Gasteiger partial charge in [0.2, 0.25) is 0 Å². The van der Waals surface area contributed by atoms with Crippen LogP contribution in [0.25, 0.3) is 0 Å². The number of rotatable bonds is 4. The molecule has 1 aromatic heterocycles. The Labute approximate surface area is 129 Å². The molecule has 0 aliphatic heterocycles. The Bertz CT molecular complexity index is 632. The number of anilines is 2. The summed E-state index contributed by atoms with van der Waals surface area (Å²) in [5.41, 5.74) is 7.09. The van der Waals surface area contributed by atoms with E-state index in [0.717, 1.165) is 5.69 Å². The second-order valence-electron chi connectivity index (χ2n) is 4.28. The van der Waals surface area contributed by atoms with E-state index in [2.05, 4.69) is 15.6 Å². The van der Waals surface area contributed by atoms with Crippen LogP contribution in [-0.2, 0) is 0 Å². The van der Waals surface area contributed by atoms with Crippen LogP contribution >= 0.6 is 0 Å². The lowest BCUT2D eigenvalue weighted by atomic mass is 10.2. The summed E-state index contributed by atoms with van der Waals surface area (Å²) in [6.07, 6.45) is 1.38. The van der Waals surface area contributed by atoms with Gasteiger partial charge in [-0.3, -0.25) is 0 Å². The first-order valence-corrected chi connectivity index (χ1v) is 6.54. The molecule has 0 radical (unpaired) electrons. The van der Waals surface area contributed by atoms with Crippen molar-refractivity contribution in [2.75, 3.05) is 32.2 Å². The van der Waals surface area contributed by atoms with E-state index in [0.29, 0.717) is 17.2 Å². The van der Waals surface area contributed by atoms with Gasteiger partial charge in [-0.1, -0.05) is 0 Å². The fraction of sp³-hybridized carbons (Fsp3) is 0.200. The molecule has 0 aliphatic rings. The van der Waals surface area contributed by atoms with Crippen LogP contribution in [0.3, 0.4) is 0 Å². The number of nitrogen functional groups attached to an aromatic ring is 1. The summed E-state index contributed by atoms with van der Waals surface area (Å²) in [6, 6.07) is 8.11. The minimum Gasteiger partial charge on any atom is -0.477 e. The third-order valence-electron chi connectivity index (χ3n) is 2.48. The van der Waals surface area contributed by atoms with Crippen molar-refractivity contribution in [1.29, 1.82) is 0 Å². The number of aromatic nitrogens is 1. The van der Waals surface area contributed by atoms with Crippen LogP contribution in [0.5, 0.6) is 11.5 Å². The summed E-state index contributed by atoms with van der Waals surface area (Å²) in [4.78, 5) is 14.5. The number of nitrogens with two attached hydrogens (primary N) is 1. The standard InChI is InChI=1S/C13H13N3O3.C2H7N/c1-15-11-3-2-8(6-10(11)14)19-9-4-5-16-12(7-9)13(17)18;1-3-2/h2-7,15H,14H2,1H3,(H,17,18);3H,1-2H3. The molecule has 0 spiro atoms. The van der Waals surface area contributed by atoms with E-state index in [-0.39, 0.29) is 5.69 Å². The molecule has 7 heteroatoms. The normalized spacial score (nSPS) is 9.41. The van der Waals surface area contributed by atoms with Gasteiger partial charge in [-0.25, -0.2) is 9.78 Å². The number of carboxylic acids is 1. The zero-order valence-corrected chi connectivity index (χ0v) is 12.8. The van der Waals surface area contributed by atoms with E-state index in [4.69, 9.17) is 15.6 Å². The predicted molar refractivity (Wildman–Crippen MR) is 86.7 cm³/mol. The van der Waals surface area contributed by atoms with Gasteiger partial charge in [-0.15, -0.1) is 0 Å². The van der Waals surface area contributed by atoms with Crippen molar-refractivity contribution in [3.05, 3.63) is 42.2 Å². The Balaban J connectivity index is 0.000000745. The van der Waals surface area contributed by atoms with Gasteiger partial charge < -0.3 is 26.2 Å². The maximum atomic E-state index is 10.8. The maximum absolute atomic E-state index is 10.8. The van der Waals surface area contributed by atoms with E-state index in [1.165, 1.54) is 12.3 Å². The Morgan fingerprint density at radius 3 is 2.36 bits per heavy atom.